The van der Waals surface area contributed by atoms with Gasteiger partial charge in [-0.25, -0.2) is 4.98 Å². The number of ether oxygens (including phenoxy) is 1. The lowest BCUT2D eigenvalue weighted by Crippen LogP contribution is -2.30. The van der Waals surface area contributed by atoms with E-state index in [1.165, 1.54) is 0 Å². The SMILES string of the molecule is COc1cc(N2C(=S)NC(c3ccccn3)C2c2cccn2-c2ccccn2)ccc1NC(=O)C(C)(C)C. The largest absolute Gasteiger partial charge is 0.494 e. The maximum absolute atomic E-state index is 12.7. The number of rotatable bonds is 6. The molecule has 2 unspecified atom stereocenters. The van der Waals surface area contributed by atoms with E-state index in [-0.39, 0.29) is 18.0 Å². The number of anilines is 2. The van der Waals surface area contributed by atoms with E-state index in [1.807, 2.05) is 87.6 Å². The standard InChI is InChI=1S/C29H30N6O2S/c1-29(2,3)27(36)32-20-14-13-19(18-23(20)37-4)35-26(25(33-28(35)38)21-10-5-7-15-30-21)22-11-9-17-34(22)24-12-6-8-16-31-24/h5-18,25-26H,1-4H3,(H,32,36)(H,33,38). The summed E-state index contributed by atoms with van der Waals surface area (Å²) in [5.41, 5.74) is 2.75. The second-order valence-electron chi connectivity index (χ2n) is 10.1. The van der Waals surface area contributed by atoms with Crippen LogP contribution in [0.5, 0.6) is 5.75 Å². The van der Waals surface area contributed by atoms with Gasteiger partial charge >= 0.3 is 0 Å². The molecule has 3 aromatic heterocycles. The topological polar surface area (TPSA) is 84.3 Å². The average molecular weight is 527 g/mol. The van der Waals surface area contributed by atoms with Crippen LogP contribution < -0.4 is 20.3 Å². The second kappa shape index (κ2) is 10.3. The summed E-state index contributed by atoms with van der Waals surface area (Å²) in [6.45, 7) is 5.61. The Morgan fingerprint density at radius 1 is 1.03 bits per heavy atom. The molecule has 2 atom stereocenters. The molecule has 5 rings (SSSR count). The van der Waals surface area contributed by atoms with Crippen molar-refractivity contribution in [1.82, 2.24) is 19.9 Å². The Balaban J connectivity index is 1.60. The molecule has 1 aliphatic heterocycles. The fourth-order valence-corrected chi connectivity index (χ4v) is 4.86. The van der Waals surface area contributed by atoms with E-state index in [4.69, 9.17) is 17.0 Å². The minimum Gasteiger partial charge on any atom is -0.494 e. The first-order chi connectivity index (χ1) is 18.3. The van der Waals surface area contributed by atoms with E-state index in [2.05, 4.69) is 36.1 Å². The molecule has 1 fully saturated rings. The quantitative estimate of drug-likeness (QED) is 0.324. The molecule has 0 radical (unpaired) electrons. The second-order valence-corrected chi connectivity index (χ2v) is 10.5. The number of methoxy groups -OCH3 is 1. The van der Waals surface area contributed by atoms with Crippen LogP contribution in [0, 0.1) is 5.41 Å². The molecule has 8 nitrogen and oxygen atoms in total. The van der Waals surface area contributed by atoms with Gasteiger partial charge in [0.15, 0.2) is 5.11 Å². The van der Waals surface area contributed by atoms with E-state index < -0.39 is 5.41 Å². The zero-order chi connectivity index (χ0) is 26.9. The number of hydrogen-bond donors (Lipinski definition) is 2. The Kier molecular flexibility index (Phi) is 6.86. The monoisotopic (exact) mass is 526 g/mol. The lowest BCUT2D eigenvalue weighted by molar-refractivity contribution is -0.123. The van der Waals surface area contributed by atoms with Gasteiger partial charge in [-0.1, -0.05) is 32.9 Å². The smallest absolute Gasteiger partial charge is 0.229 e. The third kappa shape index (κ3) is 4.84. The Hall–Kier alpha value is -4.24. The van der Waals surface area contributed by atoms with Gasteiger partial charge in [-0.05, 0) is 60.7 Å². The van der Waals surface area contributed by atoms with Crippen LogP contribution in [0.2, 0.25) is 0 Å². The van der Waals surface area contributed by atoms with Crippen molar-refractivity contribution < 1.29 is 9.53 Å². The number of nitrogens with zero attached hydrogens (tertiary/aromatic N) is 4. The van der Waals surface area contributed by atoms with Crippen LogP contribution in [-0.2, 0) is 4.79 Å². The molecule has 1 saturated heterocycles. The molecule has 9 heteroatoms. The number of thiocarbonyl (C=S) groups is 1. The van der Waals surface area contributed by atoms with Crippen molar-refractivity contribution in [2.24, 2.45) is 5.41 Å². The molecule has 0 bridgehead atoms. The number of amides is 1. The maximum atomic E-state index is 12.7. The van der Waals surface area contributed by atoms with Crippen LogP contribution in [0.3, 0.4) is 0 Å². The van der Waals surface area contributed by atoms with E-state index in [9.17, 15) is 4.79 Å². The Labute approximate surface area is 227 Å². The van der Waals surface area contributed by atoms with Crippen LogP contribution >= 0.6 is 12.2 Å². The number of carbonyl (C=O) groups excluding carboxylic acids is 1. The van der Waals surface area contributed by atoms with Crippen LogP contribution in [0.1, 0.15) is 44.2 Å². The third-order valence-corrected chi connectivity index (χ3v) is 6.78. The molecule has 0 aliphatic carbocycles. The number of nitrogens with one attached hydrogen (secondary N) is 2. The average Bonchev–Trinajstić information content (AvgIpc) is 3.53. The highest BCUT2D eigenvalue weighted by Gasteiger charge is 2.42. The summed E-state index contributed by atoms with van der Waals surface area (Å²) >= 11 is 5.89. The van der Waals surface area contributed by atoms with E-state index in [0.717, 1.165) is 22.9 Å². The normalized spacial score (nSPS) is 17.3. The number of hydrogen-bond acceptors (Lipinski definition) is 5. The van der Waals surface area contributed by atoms with E-state index >= 15 is 0 Å². The van der Waals surface area contributed by atoms with Crippen molar-refractivity contribution in [2.45, 2.75) is 32.9 Å². The van der Waals surface area contributed by atoms with Crippen molar-refractivity contribution in [3.05, 3.63) is 96.7 Å². The maximum Gasteiger partial charge on any atom is 0.229 e. The molecule has 4 aromatic rings. The lowest BCUT2D eigenvalue weighted by atomic mass is 9.95. The predicted octanol–water partition coefficient (Wildman–Crippen LogP) is 5.44. The highest BCUT2D eigenvalue weighted by Crippen LogP contribution is 2.43. The lowest BCUT2D eigenvalue weighted by Gasteiger charge is -2.29. The summed E-state index contributed by atoms with van der Waals surface area (Å²) in [5.74, 6) is 1.26. The van der Waals surface area contributed by atoms with Crippen LogP contribution in [0.4, 0.5) is 11.4 Å². The minimum absolute atomic E-state index is 0.0943. The van der Waals surface area contributed by atoms with Crippen molar-refractivity contribution in [3.63, 3.8) is 0 Å². The van der Waals surface area contributed by atoms with E-state index in [0.29, 0.717) is 16.5 Å². The summed E-state index contributed by atoms with van der Waals surface area (Å²) in [6, 6.07) is 21.0. The van der Waals surface area contributed by atoms with Crippen LogP contribution in [0.25, 0.3) is 5.82 Å². The predicted molar refractivity (Wildman–Crippen MR) is 153 cm³/mol. The minimum atomic E-state index is -0.540. The van der Waals surface area contributed by atoms with Crippen molar-refractivity contribution in [1.29, 1.82) is 0 Å². The van der Waals surface area contributed by atoms with Gasteiger partial charge in [-0.3, -0.25) is 9.78 Å². The summed E-state index contributed by atoms with van der Waals surface area (Å²) in [4.78, 5) is 23.9. The molecule has 4 heterocycles. The fraction of sp³-hybridized carbons (Fsp3) is 0.241. The summed E-state index contributed by atoms with van der Waals surface area (Å²) in [6.07, 6.45) is 5.56. The first-order valence-corrected chi connectivity index (χ1v) is 12.8. The van der Waals surface area contributed by atoms with Gasteiger partial charge in [0.05, 0.1) is 24.5 Å². The Bertz CT molecular complexity index is 1450. The highest BCUT2D eigenvalue weighted by atomic mass is 32.1. The first kappa shape index (κ1) is 25.4. The molecular formula is C29H30N6O2S. The molecule has 1 aromatic carbocycles. The first-order valence-electron chi connectivity index (χ1n) is 12.4. The third-order valence-electron chi connectivity index (χ3n) is 6.47. The molecular weight excluding hydrogens is 496 g/mol. The number of pyridine rings is 2. The summed E-state index contributed by atoms with van der Waals surface area (Å²) in [5, 5.41) is 7.03. The highest BCUT2D eigenvalue weighted by molar-refractivity contribution is 7.80. The molecule has 1 amide bonds. The zero-order valence-electron chi connectivity index (χ0n) is 21.8. The van der Waals surface area contributed by atoms with E-state index in [1.54, 1.807) is 19.5 Å². The Morgan fingerprint density at radius 2 is 1.79 bits per heavy atom. The van der Waals surface area contributed by atoms with Gasteiger partial charge in [0, 0.05) is 41.5 Å². The van der Waals surface area contributed by atoms with Gasteiger partial charge in [0.2, 0.25) is 5.91 Å². The summed E-state index contributed by atoms with van der Waals surface area (Å²) in [7, 11) is 1.59. The van der Waals surface area contributed by atoms with Crippen LogP contribution in [0.15, 0.2) is 85.3 Å². The molecule has 0 saturated carbocycles. The molecule has 0 spiro atoms. The van der Waals surface area contributed by atoms with Crippen LogP contribution in [-0.4, -0.2) is 32.7 Å². The van der Waals surface area contributed by atoms with Gasteiger partial charge in [0.25, 0.3) is 0 Å². The van der Waals surface area contributed by atoms with Crippen molar-refractivity contribution in [3.8, 4) is 11.6 Å². The molecule has 38 heavy (non-hydrogen) atoms. The van der Waals surface area contributed by atoms with Gasteiger partial charge in [-0.15, -0.1) is 0 Å². The number of carbonyl (C=O) groups is 1. The van der Waals surface area contributed by atoms with Gasteiger partial charge in [0.1, 0.15) is 17.6 Å². The molecule has 1 aliphatic rings. The molecule has 194 valence electrons. The fourth-order valence-electron chi connectivity index (χ4n) is 4.52. The number of aromatic nitrogens is 3. The van der Waals surface area contributed by atoms with Crippen molar-refractivity contribution >= 4 is 34.6 Å². The Morgan fingerprint density at radius 3 is 2.45 bits per heavy atom. The summed E-state index contributed by atoms with van der Waals surface area (Å²) < 4.78 is 7.76. The molecule has 2 N–H and O–H groups in total. The van der Waals surface area contributed by atoms with Gasteiger partial charge < -0.3 is 24.8 Å². The number of benzene rings is 1. The van der Waals surface area contributed by atoms with Gasteiger partial charge in [-0.2, -0.15) is 0 Å². The van der Waals surface area contributed by atoms with Crippen molar-refractivity contribution in [2.75, 3.05) is 17.3 Å². The zero-order valence-corrected chi connectivity index (χ0v) is 22.6.